The average Bonchev–Trinajstić information content (AvgIpc) is 2.72. The Morgan fingerprint density at radius 2 is 1.33 bits per heavy atom. The molecule has 0 heterocycles. The standard InChI is InChI=1S/C10H14Br2/c1-9(2)5-3-7-8(4-6(5)9)10(7,11)12/h5-8H,3-4H2,1-2H3/t5-,6+,7-,8+. The lowest BCUT2D eigenvalue weighted by Gasteiger charge is -2.03. The summed E-state index contributed by atoms with van der Waals surface area (Å²) in [5.41, 5.74) is 0.684. The van der Waals surface area contributed by atoms with Crippen LogP contribution in [-0.4, -0.2) is 3.23 Å². The van der Waals surface area contributed by atoms with Crippen LogP contribution in [0.4, 0.5) is 0 Å². The predicted molar refractivity (Wildman–Crippen MR) is 57.6 cm³/mol. The summed E-state index contributed by atoms with van der Waals surface area (Å²) in [6.07, 6.45) is 2.91. The van der Waals surface area contributed by atoms with Gasteiger partial charge in [0.25, 0.3) is 0 Å². The molecule has 0 nitrogen and oxygen atoms in total. The highest BCUT2D eigenvalue weighted by molar-refractivity contribution is 9.25. The fourth-order valence-corrected chi connectivity index (χ4v) is 5.20. The molecule has 2 heteroatoms. The van der Waals surface area contributed by atoms with E-state index in [-0.39, 0.29) is 0 Å². The Morgan fingerprint density at radius 1 is 0.917 bits per heavy atom. The Morgan fingerprint density at radius 3 is 1.75 bits per heavy atom. The third-order valence-electron chi connectivity index (χ3n) is 4.67. The first-order valence-electron chi connectivity index (χ1n) is 4.83. The van der Waals surface area contributed by atoms with Gasteiger partial charge in [-0.2, -0.15) is 0 Å². The first kappa shape index (κ1) is 8.28. The van der Waals surface area contributed by atoms with Gasteiger partial charge in [0, 0.05) is 0 Å². The minimum absolute atomic E-state index is 0.351. The van der Waals surface area contributed by atoms with E-state index in [4.69, 9.17) is 0 Å². The normalized spacial score (nSPS) is 57.0. The number of alkyl halides is 2. The van der Waals surface area contributed by atoms with Crippen LogP contribution in [0.2, 0.25) is 0 Å². The molecule has 3 rings (SSSR count). The van der Waals surface area contributed by atoms with Gasteiger partial charge in [-0.25, -0.2) is 0 Å². The second kappa shape index (κ2) is 1.98. The zero-order valence-electron chi connectivity index (χ0n) is 7.48. The summed E-state index contributed by atoms with van der Waals surface area (Å²) in [5, 5.41) is 0. The van der Waals surface area contributed by atoms with Gasteiger partial charge in [0.1, 0.15) is 0 Å². The average molecular weight is 294 g/mol. The van der Waals surface area contributed by atoms with E-state index >= 15 is 0 Å². The van der Waals surface area contributed by atoms with E-state index in [0.29, 0.717) is 8.65 Å². The molecule has 0 aromatic heterocycles. The van der Waals surface area contributed by atoms with Crippen LogP contribution in [0.25, 0.3) is 0 Å². The van der Waals surface area contributed by atoms with Crippen LogP contribution in [0.3, 0.4) is 0 Å². The van der Waals surface area contributed by atoms with E-state index < -0.39 is 0 Å². The van der Waals surface area contributed by atoms with E-state index in [2.05, 4.69) is 45.7 Å². The lowest BCUT2D eigenvalue weighted by molar-refractivity contribution is 0.457. The molecule has 3 saturated carbocycles. The van der Waals surface area contributed by atoms with Crippen molar-refractivity contribution >= 4 is 31.9 Å². The van der Waals surface area contributed by atoms with Gasteiger partial charge < -0.3 is 0 Å². The summed E-state index contributed by atoms with van der Waals surface area (Å²) in [5.74, 6) is 3.94. The molecular formula is C10H14Br2. The van der Waals surface area contributed by atoms with Crippen molar-refractivity contribution in [1.82, 2.24) is 0 Å². The van der Waals surface area contributed by atoms with Gasteiger partial charge in [0.15, 0.2) is 0 Å². The van der Waals surface area contributed by atoms with Gasteiger partial charge in [-0.15, -0.1) is 0 Å². The van der Waals surface area contributed by atoms with Gasteiger partial charge in [0.2, 0.25) is 0 Å². The third kappa shape index (κ3) is 0.796. The van der Waals surface area contributed by atoms with Crippen LogP contribution >= 0.6 is 31.9 Å². The third-order valence-corrected chi connectivity index (χ3v) is 7.02. The fourth-order valence-electron chi connectivity index (χ4n) is 3.44. The molecule has 0 aliphatic heterocycles. The molecule has 12 heavy (non-hydrogen) atoms. The van der Waals surface area contributed by atoms with Crippen LogP contribution in [-0.2, 0) is 0 Å². The van der Waals surface area contributed by atoms with Crippen LogP contribution in [0.5, 0.6) is 0 Å². The van der Waals surface area contributed by atoms with Crippen LogP contribution in [0.1, 0.15) is 26.7 Å². The van der Waals surface area contributed by atoms with Gasteiger partial charge in [0.05, 0.1) is 3.23 Å². The lowest BCUT2D eigenvalue weighted by Crippen LogP contribution is -1.95. The van der Waals surface area contributed by atoms with Gasteiger partial charge >= 0.3 is 0 Å². The number of hydrogen-bond donors (Lipinski definition) is 0. The molecule has 0 aromatic rings. The largest absolute Gasteiger partial charge is 0.0868 e. The topological polar surface area (TPSA) is 0 Å². The van der Waals surface area contributed by atoms with Crippen molar-refractivity contribution in [2.45, 2.75) is 29.9 Å². The Labute approximate surface area is 90.7 Å². The maximum Gasteiger partial charge on any atom is 0.0868 e. The lowest BCUT2D eigenvalue weighted by atomic mass is 10.0. The molecule has 68 valence electrons. The predicted octanol–water partition coefficient (Wildman–Crippen LogP) is 3.78. The molecule has 3 fully saturated rings. The highest BCUT2D eigenvalue weighted by Gasteiger charge is 2.73. The number of rotatable bonds is 0. The van der Waals surface area contributed by atoms with Crippen molar-refractivity contribution < 1.29 is 0 Å². The summed E-state index contributed by atoms with van der Waals surface area (Å²) < 4.78 is 0.351. The second-order valence-electron chi connectivity index (χ2n) is 5.39. The molecule has 0 radical (unpaired) electrons. The molecule has 0 aromatic carbocycles. The van der Waals surface area contributed by atoms with Crippen molar-refractivity contribution in [3.63, 3.8) is 0 Å². The van der Waals surface area contributed by atoms with E-state index in [1.165, 1.54) is 12.8 Å². The monoisotopic (exact) mass is 292 g/mol. The van der Waals surface area contributed by atoms with Gasteiger partial charge in [-0.05, 0) is 41.9 Å². The molecular weight excluding hydrogens is 280 g/mol. The Hall–Kier alpha value is 0.960. The maximum atomic E-state index is 3.78. The van der Waals surface area contributed by atoms with Crippen molar-refractivity contribution in [1.29, 1.82) is 0 Å². The summed E-state index contributed by atoms with van der Waals surface area (Å²) in [6.45, 7) is 4.88. The summed E-state index contributed by atoms with van der Waals surface area (Å²) in [7, 11) is 0. The Balaban J connectivity index is 1.80. The molecule has 0 N–H and O–H groups in total. The number of fused-ring (bicyclic) bond motifs is 2. The quantitative estimate of drug-likeness (QED) is 0.596. The molecule has 0 unspecified atom stereocenters. The molecule has 0 spiro atoms. The minimum Gasteiger partial charge on any atom is -0.0721 e. The van der Waals surface area contributed by atoms with Crippen LogP contribution in [0.15, 0.2) is 0 Å². The second-order valence-corrected chi connectivity index (χ2v) is 9.08. The molecule has 0 bridgehead atoms. The van der Waals surface area contributed by atoms with Crippen molar-refractivity contribution in [3.8, 4) is 0 Å². The van der Waals surface area contributed by atoms with E-state index in [9.17, 15) is 0 Å². The highest BCUT2D eigenvalue weighted by atomic mass is 79.9. The molecule has 3 aliphatic rings. The molecule has 0 amide bonds. The SMILES string of the molecule is CC1(C)[C@@H]2C[C@@H]3[C@H](C[C@@H]21)C3(Br)Br. The summed E-state index contributed by atoms with van der Waals surface area (Å²) >= 11 is 7.56. The first-order chi connectivity index (χ1) is 5.45. The number of halogens is 2. The zero-order chi connectivity index (χ0) is 8.72. The molecule has 0 saturated heterocycles. The van der Waals surface area contributed by atoms with Crippen molar-refractivity contribution in [3.05, 3.63) is 0 Å². The zero-order valence-corrected chi connectivity index (χ0v) is 10.7. The summed E-state index contributed by atoms with van der Waals surface area (Å²) in [4.78, 5) is 0. The first-order valence-corrected chi connectivity index (χ1v) is 6.42. The van der Waals surface area contributed by atoms with Gasteiger partial charge in [-0.1, -0.05) is 45.7 Å². The molecule has 4 atom stereocenters. The fraction of sp³-hybridized carbons (Fsp3) is 1.00. The van der Waals surface area contributed by atoms with E-state index in [1.807, 2.05) is 0 Å². The van der Waals surface area contributed by atoms with E-state index in [0.717, 1.165) is 23.7 Å². The minimum atomic E-state index is 0.351. The Kier molecular flexibility index (Phi) is 1.36. The van der Waals surface area contributed by atoms with E-state index in [1.54, 1.807) is 0 Å². The summed E-state index contributed by atoms with van der Waals surface area (Å²) in [6, 6.07) is 0. The maximum absolute atomic E-state index is 3.78. The van der Waals surface area contributed by atoms with Crippen LogP contribution in [0, 0.1) is 29.1 Å². The Bertz CT molecular complexity index is 198. The molecule has 3 aliphatic carbocycles. The number of hydrogen-bond acceptors (Lipinski definition) is 0. The smallest absolute Gasteiger partial charge is 0.0721 e. The van der Waals surface area contributed by atoms with Crippen molar-refractivity contribution in [2.24, 2.45) is 29.1 Å². The highest BCUT2D eigenvalue weighted by Crippen LogP contribution is 2.78. The van der Waals surface area contributed by atoms with Gasteiger partial charge in [-0.3, -0.25) is 0 Å². The van der Waals surface area contributed by atoms with Crippen molar-refractivity contribution in [2.75, 3.05) is 0 Å². The van der Waals surface area contributed by atoms with Crippen LogP contribution < -0.4 is 0 Å².